The predicted molar refractivity (Wildman–Crippen MR) is 107 cm³/mol. The highest BCUT2D eigenvalue weighted by molar-refractivity contribution is 5.76. The molecule has 2 heterocycles. The van der Waals surface area contributed by atoms with Crippen LogP contribution in [0.15, 0.2) is 54.6 Å². The SMILES string of the molecule is CN1CCC2(CC1)CN(C(=O)CCc1ccccc1)Cc1ccccc1O2. The Morgan fingerprint density at radius 3 is 2.52 bits per heavy atom. The van der Waals surface area contributed by atoms with E-state index in [1.54, 1.807) is 0 Å². The van der Waals surface area contributed by atoms with E-state index in [4.69, 9.17) is 4.74 Å². The van der Waals surface area contributed by atoms with E-state index in [2.05, 4.69) is 30.1 Å². The number of benzene rings is 2. The van der Waals surface area contributed by atoms with Gasteiger partial charge in [-0.25, -0.2) is 0 Å². The first-order chi connectivity index (χ1) is 13.1. The standard InChI is InChI=1S/C23H28N2O2/c1-24-15-13-23(14-16-24)18-25(17-20-9-5-6-10-21(20)27-23)22(26)12-11-19-7-3-2-4-8-19/h2-10H,11-18H2,1H3. The van der Waals surface area contributed by atoms with Gasteiger partial charge in [0.05, 0.1) is 6.54 Å². The van der Waals surface area contributed by atoms with Gasteiger partial charge in [0.25, 0.3) is 0 Å². The van der Waals surface area contributed by atoms with E-state index in [-0.39, 0.29) is 11.5 Å². The first-order valence-corrected chi connectivity index (χ1v) is 9.91. The fraction of sp³-hybridized carbons (Fsp3) is 0.435. The third-order valence-corrected chi connectivity index (χ3v) is 5.86. The summed E-state index contributed by atoms with van der Waals surface area (Å²) in [7, 11) is 2.15. The second-order valence-electron chi connectivity index (χ2n) is 7.93. The molecular formula is C23H28N2O2. The molecule has 0 radical (unpaired) electrons. The van der Waals surface area contributed by atoms with Crippen LogP contribution in [0, 0.1) is 0 Å². The molecule has 0 aliphatic carbocycles. The van der Waals surface area contributed by atoms with Crippen LogP contribution < -0.4 is 4.74 Å². The van der Waals surface area contributed by atoms with Crippen molar-refractivity contribution < 1.29 is 9.53 Å². The summed E-state index contributed by atoms with van der Waals surface area (Å²) in [6.45, 7) is 3.34. The van der Waals surface area contributed by atoms with E-state index < -0.39 is 0 Å². The average molecular weight is 364 g/mol. The van der Waals surface area contributed by atoms with Gasteiger partial charge in [0.15, 0.2) is 0 Å². The fourth-order valence-corrected chi connectivity index (χ4v) is 4.13. The summed E-state index contributed by atoms with van der Waals surface area (Å²) in [5.41, 5.74) is 2.06. The van der Waals surface area contributed by atoms with Crippen LogP contribution in [-0.4, -0.2) is 48.0 Å². The molecule has 0 saturated carbocycles. The largest absolute Gasteiger partial charge is 0.485 e. The van der Waals surface area contributed by atoms with Crippen LogP contribution in [0.4, 0.5) is 0 Å². The second kappa shape index (κ2) is 7.73. The van der Waals surface area contributed by atoms with Gasteiger partial charge in [-0.1, -0.05) is 48.5 Å². The lowest BCUT2D eigenvalue weighted by Crippen LogP contribution is -2.53. The predicted octanol–water partition coefficient (Wildman–Crippen LogP) is 3.50. The number of para-hydroxylation sites is 1. The molecule has 0 bridgehead atoms. The van der Waals surface area contributed by atoms with Crippen molar-refractivity contribution in [3.05, 3.63) is 65.7 Å². The lowest BCUT2D eigenvalue weighted by Gasteiger charge is -2.41. The first-order valence-electron chi connectivity index (χ1n) is 9.91. The number of ether oxygens (including phenoxy) is 1. The molecule has 0 unspecified atom stereocenters. The first kappa shape index (κ1) is 18.1. The highest BCUT2D eigenvalue weighted by Crippen LogP contribution is 2.35. The van der Waals surface area contributed by atoms with E-state index >= 15 is 0 Å². The number of piperidine rings is 1. The molecule has 27 heavy (non-hydrogen) atoms. The van der Waals surface area contributed by atoms with E-state index in [9.17, 15) is 4.79 Å². The molecule has 4 rings (SSSR count). The smallest absolute Gasteiger partial charge is 0.223 e. The van der Waals surface area contributed by atoms with Crippen LogP contribution in [0.25, 0.3) is 0 Å². The molecule has 1 fully saturated rings. The summed E-state index contributed by atoms with van der Waals surface area (Å²) in [6.07, 6.45) is 3.25. The third-order valence-electron chi connectivity index (χ3n) is 5.86. The number of rotatable bonds is 3. The zero-order chi connectivity index (χ0) is 18.7. The van der Waals surface area contributed by atoms with E-state index in [0.29, 0.717) is 19.5 Å². The maximum Gasteiger partial charge on any atom is 0.223 e. The van der Waals surface area contributed by atoms with Gasteiger partial charge in [0.1, 0.15) is 11.4 Å². The minimum absolute atomic E-state index is 0.220. The molecule has 2 aliphatic heterocycles. The van der Waals surface area contributed by atoms with Crippen LogP contribution in [0.2, 0.25) is 0 Å². The number of aryl methyl sites for hydroxylation is 1. The summed E-state index contributed by atoms with van der Waals surface area (Å²) in [4.78, 5) is 17.5. The molecule has 2 aliphatic rings. The van der Waals surface area contributed by atoms with Crippen molar-refractivity contribution in [1.29, 1.82) is 0 Å². The van der Waals surface area contributed by atoms with E-state index in [0.717, 1.165) is 43.7 Å². The molecular weight excluding hydrogens is 336 g/mol. The van der Waals surface area contributed by atoms with Gasteiger partial charge in [-0.05, 0) is 25.1 Å². The van der Waals surface area contributed by atoms with Gasteiger partial charge in [-0.2, -0.15) is 0 Å². The van der Waals surface area contributed by atoms with Crippen molar-refractivity contribution in [2.24, 2.45) is 0 Å². The monoisotopic (exact) mass is 364 g/mol. The number of likely N-dealkylation sites (tertiary alicyclic amines) is 1. The van der Waals surface area contributed by atoms with Gasteiger partial charge in [-0.15, -0.1) is 0 Å². The number of carbonyl (C=O) groups excluding carboxylic acids is 1. The highest BCUT2D eigenvalue weighted by atomic mass is 16.5. The molecule has 0 N–H and O–H groups in total. The second-order valence-corrected chi connectivity index (χ2v) is 7.93. The van der Waals surface area contributed by atoms with Crippen molar-refractivity contribution in [2.45, 2.75) is 37.8 Å². The van der Waals surface area contributed by atoms with Crippen molar-refractivity contribution in [3.63, 3.8) is 0 Å². The van der Waals surface area contributed by atoms with Gasteiger partial charge in [0.2, 0.25) is 5.91 Å². The molecule has 2 aromatic carbocycles. The molecule has 1 saturated heterocycles. The summed E-state index contributed by atoms with van der Waals surface area (Å²) in [5.74, 6) is 1.16. The quantitative estimate of drug-likeness (QED) is 0.836. The van der Waals surface area contributed by atoms with E-state index in [1.807, 2.05) is 41.3 Å². The summed E-state index contributed by atoms with van der Waals surface area (Å²) >= 11 is 0. The maximum absolute atomic E-state index is 13.1. The molecule has 142 valence electrons. The Kier molecular flexibility index (Phi) is 5.17. The lowest BCUT2D eigenvalue weighted by atomic mass is 9.90. The number of fused-ring (bicyclic) bond motifs is 1. The summed E-state index contributed by atoms with van der Waals surface area (Å²) < 4.78 is 6.56. The maximum atomic E-state index is 13.1. The van der Waals surface area contributed by atoms with E-state index in [1.165, 1.54) is 5.56 Å². The molecule has 4 nitrogen and oxygen atoms in total. The average Bonchev–Trinajstić information content (AvgIpc) is 2.86. The van der Waals surface area contributed by atoms with Crippen molar-refractivity contribution in [1.82, 2.24) is 9.80 Å². The van der Waals surface area contributed by atoms with Crippen molar-refractivity contribution >= 4 is 5.91 Å². The van der Waals surface area contributed by atoms with Crippen molar-refractivity contribution in [3.8, 4) is 5.75 Å². The third kappa shape index (κ3) is 4.16. The summed E-state index contributed by atoms with van der Waals surface area (Å²) in [6, 6.07) is 18.4. The Hall–Kier alpha value is -2.33. The highest BCUT2D eigenvalue weighted by Gasteiger charge is 2.41. The van der Waals surface area contributed by atoms with Crippen LogP contribution in [0.3, 0.4) is 0 Å². The summed E-state index contributed by atoms with van der Waals surface area (Å²) in [5, 5.41) is 0. The molecule has 0 atom stereocenters. The molecule has 1 amide bonds. The fourth-order valence-electron chi connectivity index (χ4n) is 4.13. The number of nitrogens with zero attached hydrogens (tertiary/aromatic N) is 2. The molecule has 1 spiro atoms. The molecule has 2 aromatic rings. The lowest BCUT2D eigenvalue weighted by molar-refractivity contribution is -0.135. The van der Waals surface area contributed by atoms with Crippen LogP contribution in [0.5, 0.6) is 5.75 Å². The zero-order valence-corrected chi connectivity index (χ0v) is 16.1. The Balaban J connectivity index is 1.53. The van der Waals surface area contributed by atoms with Crippen LogP contribution >= 0.6 is 0 Å². The number of hydrogen-bond acceptors (Lipinski definition) is 3. The normalized spacial score (nSPS) is 19.2. The van der Waals surface area contributed by atoms with Gasteiger partial charge < -0.3 is 14.5 Å². The Bertz CT molecular complexity index is 782. The Morgan fingerprint density at radius 1 is 1.04 bits per heavy atom. The molecule has 0 aromatic heterocycles. The zero-order valence-electron chi connectivity index (χ0n) is 16.1. The Morgan fingerprint density at radius 2 is 1.74 bits per heavy atom. The molecule has 4 heteroatoms. The number of hydrogen-bond donors (Lipinski definition) is 0. The van der Waals surface area contributed by atoms with Gasteiger partial charge in [-0.3, -0.25) is 4.79 Å². The number of amides is 1. The van der Waals surface area contributed by atoms with Crippen LogP contribution in [-0.2, 0) is 17.8 Å². The van der Waals surface area contributed by atoms with Gasteiger partial charge in [0, 0.05) is 44.5 Å². The van der Waals surface area contributed by atoms with Gasteiger partial charge >= 0.3 is 0 Å². The minimum atomic E-state index is -0.262. The number of carbonyl (C=O) groups is 1. The minimum Gasteiger partial charge on any atom is -0.485 e. The topological polar surface area (TPSA) is 32.8 Å². The van der Waals surface area contributed by atoms with Crippen LogP contribution in [0.1, 0.15) is 30.4 Å². The van der Waals surface area contributed by atoms with Crippen molar-refractivity contribution in [2.75, 3.05) is 26.7 Å². The Labute approximate surface area is 161 Å².